The summed E-state index contributed by atoms with van der Waals surface area (Å²) in [6, 6.07) is 3.72. The van der Waals surface area contributed by atoms with Crippen LogP contribution >= 0.6 is 0 Å². The van der Waals surface area contributed by atoms with E-state index in [4.69, 9.17) is 18.6 Å². The molecule has 0 N–H and O–H groups in total. The Morgan fingerprint density at radius 2 is 1.16 bits per heavy atom. The predicted molar refractivity (Wildman–Crippen MR) is 123 cm³/mol. The van der Waals surface area contributed by atoms with Gasteiger partial charge in [-0.05, 0) is 12.1 Å². The Hall–Kier alpha value is -4.97. The van der Waals surface area contributed by atoms with Crippen LogP contribution in [0.15, 0.2) is 33.5 Å². The molecule has 2 heterocycles. The van der Waals surface area contributed by atoms with Crippen LogP contribution in [0.3, 0.4) is 0 Å². The van der Waals surface area contributed by atoms with Crippen molar-refractivity contribution in [2.75, 3.05) is 13.7 Å². The van der Waals surface area contributed by atoms with E-state index in [9.17, 15) is 76.7 Å². The van der Waals surface area contributed by atoms with Gasteiger partial charge in [0.2, 0.25) is 12.4 Å². The lowest BCUT2D eigenvalue weighted by Gasteiger charge is -2.44. The number of hydrogen-bond acceptors (Lipinski definition) is 13. The molecule has 13 nitrogen and oxygen atoms in total. The molecule has 2 aromatic rings. The summed E-state index contributed by atoms with van der Waals surface area (Å²) in [6.07, 6.45) is -40.3. The number of methoxy groups -OCH3 is 1. The van der Waals surface area contributed by atoms with E-state index in [0.29, 0.717) is 6.07 Å². The SMILES string of the molecule is COc1cc2ccc(=O)oc2cc1O[C@H]1O[C@@H](COC(=O)C(F)(F)F)[C@H](OC(=O)C(F)(F)F)[C@@H](OC(=O)C(F)(F)F)[C@@H]1OC(=O)C(F)(F)F. The van der Waals surface area contributed by atoms with Gasteiger partial charge in [0.25, 0.3) is 0 Å². The molecule has 1 aromatic heterocycles. The fourth-order valence-electron chi connectivity index (χ4n) is 3.77. The molecule has 0 bridgehead atoms. The molecule has 0 radical (unpaired) electrons. The zero-order valence-electron chi connectivity index (χ0n) is 23.2. The Labute approximate surface area is 260 Å². The van der Waals surface area contributed by atoms with E-state index in [-0.39, 0.29) is 5.39 Å². The van der Waals surface area contributed by atoms with E-state index in [1.165, 1.54) is 0 Å². The van der Waals surface area contributed by atoms with Gasteiger partial charge in [-0.15, -0.1) is 0 Å². The largest absolute Gasteiger partial charge is 0.493 e. The van der Waals surface area contributed by atoms with Gasteiger partial charge in [0.15, 0.2) is 23.7 Å². The molecule has 272 valence electrons. The maximum atomic E-state index is 13.2. The number of esters is 4. The molecular weight excluding hydrogens is 724 g/mol. The number of ether oxygens (including phenoxy) is 7. The summed E-state index contributed by atoms with van der Waals surface area (Å²) in [6.45, 7) is -2.04. The summed E-state index contributed by atoms with van der Waals surface area (Å²) in [5, 5.41) is 0.0430. The van der Waals surface area contributed by atoms with Gasteiger partial charge >= 0.3 is 54.2 Å². The normalized spacial score (nSPS) is 21.8. The highest BCUT2D eigenvalue weighted by Gasteiger charge is 2.59. The van der Waals surface area contributed by atoms with Crippen molar-refractivity contribution in [2.24, 2.45) is 0 Å². The Balaban J connectivity index is 2.25. The van der Waals surface area contributed by atoms with E-state index >= 15 is 0 Å². The maximum absolute atomic E-state index is 13.2. The molecular formula is C24H14F12O13. The number of hydrogen-bond donors (Lipinski definition) is 0. The second-order valence-corrected chi connectivity index (χ2v) is 9.16. The molecule has 1 aromatic carbocycles. The Bertz CT molecular complexity index is 1630. The summed E-state index contributed by atoms with van der Waals surface area (Å²) in [4.78, 5) is 58.2. The second-order valence-electron chi connectivity index (χ2n) is 9.16. The molecule has 0 aliphatic carbocycles. The molecule has 25 heteroatoms. The van der Waals surface area contributed by atoms with Gasteiger partial charge in [0.05, 0.1) is 7.11 Å². The average molecular weight is 738 g/mol. The van der Waals surface area contributed by atoms with Gasteiger partial charge in [0, 0.05) is 17.5 Å². The zero-order chi connectivity index (χ0) is 37.3. The summed E-state index contributed by atoms with van der Waals surface area (Å²) in [5.74, 6) is -14.7. The molecule has 0 saturated carbocycles. The van der Waals surface area contributed by atoms with E-state index in [0.717, 1.165) is 25.3 Å². The summed E-state index contributed by atoms with van der Waals surface area (Å²) >= 11 is 0. The first-order chi connectivity index (χ1) is 22.3. The minimum Gasteiger partial charge on any atom is -0.493 e. The first-order valence-electron chi connectivity index (χ1n) is 12.3. The third kappa shape index (κ3) is 9.56. The third-order valence-corrected chi connectivity index (χ3v) is 5.77. The van der Waals surface area contributed by atoms with Crippen molar-refractivity contribution in [1.82, 2.24) is 0 Å². The zero-order valence-corrected chi connectivity index (χ0v) is 23.2. The van der Waals surface area contributed by atoms with Crippen LogP contribution in [0.1, 0.15) is 0 Å². The number of fused-ring (bicyclic) bond motifs is 1. The lowest BCUT2D eigenvalue weighted by Crippen LogP contribution is -2.65. The highest BCUT2D eigenvalue weighted by atomic mass is 19.4. The lowest BCUT2D eigenvalue weighted by molar-refractivity contribution is -0.306. The topological polar surface area (TPSA) is 163 Å². The van der Waals surface area contributed by atoms with E-state index in [2.05, 4.69) is 18.9 Å². The standard InChI is InChI=1S/C24H14F12O13/c1-42-9-4-7-2-3-12(37)44-8(7)5-10(9)45-16-15(49-20(41)24(34,35)36)14(48-19(40)23(31,32)33)13(47-18(39)22(28,29)30)11(46-16)6-43-17(38)21(25,26)27/h2-5,11,13-16H,6H2,1H3/t11-,13-,14+,15-,16-/m0/s1. The highest BCUT2D eigenvalue weighted by Crippen LogP contribution is 2.38. The molecule has 0 spiro atoms. The van der Waals surface area contributed by atoms with Gasteiger partial charge in [-0.2, -0.15) is 52.7 Å². The van der Waals surface area contributed by atoms with Crippen molar-refractivity contribution in [1.29, 1.82) is 0 Å². The predicted octanol–water partition coefficient (Wildman–Crippen LogP) is 3.43. The van der Waals surface area contributed by atoms with Crippen LogP contribution in [-0.2, 0) is 42.9 Å². The van der Waals surface area contributed by atoms with Gasteiger partial charge in [-0.25, -0.2) is 24.0 Å². The molecule has 5 atom stereocenters. The fourth-order valence-corrected chi connectivity index (χ4v) is 3.77. The molecule has 0 unspecified atom stereocenters. The fraction of sp³-hybridized carbons (Fsp3) is 0.458. The minimum atomic E-state index is -6.14. The third-order valence-electron chi connectivity index (χ3n) is 5.77. The molecule has 49 heavy (non-hydrogen) atoms. The van der Waals surface area contributed by atoms with Crippen molar-refractivity contribution in [2.45, 2.75) is 55.4 Å². The van der Waals surface area contributed by atoms with Gasteiger partial charge in [-0.1, -0.05) is 0 Å². The molecule has 1 saturated heterocycles. The van der Waals surface area contributed by atoms with Crippen LogP contribution < -0.4 is 15.1 Å². The number of halogens is 12. The number of carbonyl (C=O) groups excluding carboxylic acids is 4. The smallest absolute Gasteiger partial charge is 0.490 e. The van der Waals surface area contributed by atoms with E-state index in [1.807, 2.05) is 0 Å². The summed E-state index contributed by atoms with van der Waals surface area (Å²) < 4.78 is 193. The highest BCUT2D eigenvalue weighted by molar-refractivity contribution is 5.81. The van der Waals surface area contributed by atoms with Gasteiger partial charge in [0.1, 0.15) is 18.3 Å². The Kier molecular flexibility index (Phi) is 10.9. The Morgan fingerprint density at radius 1 is 0.673 bits per heavy atom. The second kappa shape index (κ2) is 13.9. The van der Waals surface area contributed by atoms with Crippen LogP contribution in [0, 0.1) is 0 Å². The van der Waals surface area contributed by atoms with Gasteiger partial charge < -0.3 is 37.6 Å². The number of alkyl halides is 12. The van der Waals surface area contributed by atoms with Crippen molar-refractivity contribution in [3.8, 4) is 11.5 Å². The molecule has 1 aliphatic rings. The monoisotopic (exact) mass is 738 g/mol. The first kappa shape index (κ1) is 38.5. The van der Waals surface area contributed by atoms with Crippen LogP contribution in [0.5, 0.6) is 11.5 Å². The van der Waals surface area contributed by atoms with Crippen LogP contribution in [0.25, 0.3) is 11.0 Å². The lowest BCUT2D eigenvalue weighted by atomic mass is 9.98. The van der Waals surface area contributed by atoms with E-state index < -0.39 is 109 Å². The summed E-state index contributed by atoms with van der Waals surface area (Å²) in [5.41, 5.74) is -1.44. The van der Waals surface area contributed by atoms with Crippen molar-refractivity contribution < 1.29 is 109 Å². The van der Waals surface area contributed by atoms with Gasteiger partial charge in [-0.3, -0.25) is 0 Å². The summed E-state index contributed by atoms with van der Waals surface area (Å²) in [7, 11) is 0.913. The van der Waals surface area contributed by atoms with Crippen molar-refractivity contribution in [3.63, 3.8) is 0 Å². The van der Waals surface area contributed by atoms with E-state index in [1.54, 1.807) is 0 Å². The Morgan fingerprint density at radius 3 is 1.65 bits per heavy atom. The minimum absolute atomic E-state index is 0.0430. The number of benzene rings is 1. The van der Waals surface area contributed by atoms with Crippen LogP contribution in [-0.4, -0.2) is 93.0 Å². The maximum Gasteiger partial charge on any atom is 0.490 e. The molecule has 1 aliphatic heterocycles. The van der Waals surface area contributed by atoms with Crippen LogP contribution in [0.4, 0.5) is 52.7 Å². The molecule has 1 fully saturated rings. The van der Waals surface area contributed by atoms with Crippen LogP contribution in [0.2, 0.25) is 0 Å². The van der Waals surface area contributed by atoms with Crippen molar-refractivity contribution >= 4 is 34.8 Å². The molecule has 3 rings (SSSR count). The number of rotatable bonds is 8. The number of carbonyl (C=O) groups is 4. The quantitative estimate of drug-likeness (QED) is 0.168. The molecule has 0 amide bonds. The average Bonchev–Trinajstić information content (AvgIpc) is 2.96. The first-order valence-corrected chi connectivity index (χ1v) is 12.3. The van der Waals surface area contributed by atoms with Crippen molar-refractivity contribution in [3.05, 3.63) is 34.7 Å².